The van der Waals surface area contributed by atoms with Gasteiger partial charge in [-0.05, 0) is 40.8 Å². The number of aromatic nitrogens is 1. The van der Waals surface area contributed by atoms with Gasteiger partial charge in [0.1, 0.15) is 11.4 Å². The van der Waals surface area contributed by atoms with E-state index in [4.69, 9.17) is 5.11 Å². The maximum Gasteiger partial charge on any atom is 0.339 e. The minimum atomic E-state index is -0.952. The van der Waals surface area contributed by atoms with Crippen molar-refractivity contribution in [3.63, 3.8) is 0 Å². The average molecular weight is 327 g/mol. The van der Waals surface area contributed by atoms with Gasteiger partial charge in [-0.1, -0.05) is 25.7 Å². The first kappa shape index (κ1) is 14.3. The summed E-state index contributed by atoms with van der Waals surface area (Å²) in [5, 5.41) is 12.3. The molecule has 1 aromatic rings. The Labute approximate surface area is 121 Å². The molecule has 2 rings (SSSR count). The molecule has 0 amide bonds. The number of carbonyl (C=O) groups is 1. The van der Waals surface area contributed by atoms with E-state index in [1.165, 1.54) is 32.1 Å². The van der Waals surface area contributed by atoms with Gasteiger partial charge >= 0.3 is 5.97 Å². The molecule has 0 aromatic carbocycles. The molecule has 0 radical (unpaired) electrons. The number of halogens is 1. The van der Waals surface area contributed by atoms with E-state index in [9.17, 15) is 4.79 Å². The van der Waals surface area contributed by atoms with Crippen LogP contribution in [-0.4, -0.2) is 22.6 Å². The smallest absolute Gasteiger partial charge is 0.339 e. The number of hydrogen-bond donors (Lipinski definition) is 2. The number of nitrogens with one attached hydrogen (secondary N) is 1. The summed E-state index contributed by atoms with van der Waals surface area (Å²) in [6.45, 7) is 0.783. The van der Waals surface area contributed by atoms with Crippen LogP contribution in [0, 0.1) is 5.92 Å². The number of nitrogens with zero attached hydrogens (tertiary/aromatic N) is 1. The Morgan fingerprint density at radius 3 is 2.89 bits per heavy atom. The molecule has 1 heterocycles. The van der Waals surface area contributed by atoms with E-state index in [1.807, 2.05) is 0 Å². The number of aromatic carboxylic acids is 1. The van der Waals surface area contributed by atoms with E-state index in [0.29, 0.717) is 10.3 Å². The lowest BCUT2D eigenvalue weighted by molar-refractivity contribution is 0.0697. The number of anilines is 1. The topological polar surface area (TPSA) is 62.2 Å². The predicted molar refractivity (Wildman–Crippen MR) is 78.6 cm³/mol. The van der Waals surface area contributed by atoms with Crippen LogP contribution in [0.5, 0.6) is 0 Å². The minimum Gasteiger partial charge on any atom is -0.478 e. The molecule has 0 saturated heterocycles. The molecule has 19 heavy (non-hydrogen) atoms. The Morgan fingerprint density at radius 2 is 2.21 bits per heavy atom. The summed E-state index contributed by atoms with van der Waals surface area (Å²) >= 11 is 3.24. The van der Waals surface area contributed by atoms with Gasteiger partial charge in [0.05, 0.1) is 0 Å². The van der Waals surface area contributed by atoms with Crippen LogP contribution in [0.4, 0.5) is 5.82 Å². The standard InChI is InChI=1S/C14H19BrN2O2/c15-11-8-12(14(18)19)13(17-9-11)16-7-3-6-10-4-1-2-5-10/h8-10H,1-7H2,(H,16,17)(H,18,19). The largest absolute Gasteiger partial charge is 0.478 e. The second-order valence-electron chi connectivity index (χ2n) is 5.07. The van der Waals surface area contributed by atoms with Gasteiger partial charge in [0.2, 0.25) is 0 Å². The van der Waals surface area contributed by atoms with Crippen molar-refractivity contribution in [1.29, 1.82) is 0 Å². The molecule has 1 saturated carbocycles. The summed E-state index contributed by atoms with van der Waals surface area (Å²) in [6.07, 6.45) is 9.37. The van der Waals surface area contributed by atoms with Crippen molar-refractivity contribution >= 4 is 27.7 Å². The lowest BCUT2D eigenvalue weighted by Gasteiger charge is -2.11. The molecule has 0 atom stereocenters. The zero-order chi connectivity index (χ0) is 13.7. The summed E-state index contributed by atoms with van der Waals surface area (Å²) < 4.78 is 0.682. The first-order valence-electron chi connectivity index (χ1n) is 6.79. The van der Waals surface area contributed by atoms with Gasteiger partial charge in [0.15, 0.2) is 0 Å². The SMILES string of the molecule is O=C(O)c1cc(Br)cnc1NCCCC1CCCC1. The van der Waals surface area contributed by atoms with Crippen LogP contribution in [0.15, 0.2) is 16.7 Å². The summed E-state index contributed by atoms with van der Waals surface area (Å²) in [4.78, 5) is 15.2. The van der Waals surface area contributed by atoms with E-state index in [2.05, 4.69) is 26.2 Å². The Kier molecular flexibility index (Phi) is 5.19. The molecule has 1 fully saturated rings. The predicted octanol–water partition coefficient (Wildman–Crippen LogP) is 3.92. The minimum absolute atomic E-state index is 0.218. The molecule has 0 spiro atoms. The van der Waals surface area contributed by atoms with Crippen LogP contribution in [0.1, 0.15) is 48.9 Å². The summed E-state index contributed by atoms with van der Waals surface area (Å²) in [7, 11) is 0. The Bertz CT molecular complexity index is 445. The van der Waals surface area contributed by atoms with Gasteiger partial charge in [-0.2, -0.15) is 0 Å². The molecular weight excluding hydrogens is 308 g/mol. The zero-order valence-electron chi connectivity index (χ0n) is 10.9. The summed E-state index contributed by atoms with van der Waals surface area (Å²) in [6, 6.07) is 1.58. The third-order valence-electron chi connectivity index (χ3n) is 3.64. The molecule has 0 unspecified atom stereocenters. The highest BCUT2D eigenvalue weighted by atomic mass is 79.9. The van der Waals surface area contributed by atoms with Crippen molar-refractivity contribution in [2.45, 2.75) is 38.5 Å². The number of hydrogen-bond acceptors (Lipinski definition) is 3. The van der Waals surface area contributed by atoms with Crippen LogP contribution >= 0.6 is 15.9 Å². The number of carboxylic acids is 1. The summed E-state index contributed by atoms with van der Waals surface area (Å²) in [5.74, 6) is 0.382. The molecule has 1 aromatic heterocycles. The maximum absolute atomic E-state index is 11.1. The van der Waals surface area contributed by atoms with Crippen LogP contribution in [0.3, 0.4) is 0 Å². The van der Waals surface area contributed by atoms with Gasteiger partial charge in [0.25, 0.3) is 0 Å². The van der Waals surface area contributed by atoms with Gasteiger partial charge in [-0.3, -0.25) is 0 Å². The maximum atomic E-state index is 11.1. The van der Waals surface area contributed by atoms with Crippen LogP contribution in [-0.2, 0) is 0 Å². The van der Waals surface area contributed by atoms with E-state index in [1.54, 1.807) is 12.3 Å². The highest BCUT2D eigenvalue weighted by Gasteiger charge is 2.15. The van der Waals surface area contributed by atoms with Gasteiger partial charge in [-0.15, -0.1) is 0 Å². The van der Waals surface area contributed by atoms with Crippen molar-refractivity contribution in [3.05, 3.63) is 22.3 Å². The molecule has 0 bridgehead atoms. The molecule has 5 heteroatoms. The van der Waals surface area contributed by atoms with Crippen molar-refractivity contribution in [3.8, 4) is 0 Å². The lowest BCUT2D eigenvalue weighted by Crippen LogP contribution is -2.10. The van der Waals surface area contributed by atoms with E-state index >= 15 is 0 Å². The first-order valence-corrected chi connectivity index (χ1v) is 7.59. The number of pyridine rings is 1. The molecule has 2 N–H and O–H groups in total. The van der Waals surface area contributed by atoms with Crippen molar-refractivity contribution in [2.75, 3.05) is 11.9 Å². The highest BCUT2D eigenvalue weighted by molar-refractivity contribution is 9.10. The molecular formula is C14H19BrN2O2. The molecule has 0 aliphatic heterocycles. The van der Waals surface area contributed by atoms with Crippen LogP contribution < -0.4 is 5.32 Å². The quantitative estimate of drug-likeness (QED) is 0.777. The molecule has 4 nitrogen and oxygen atoms in total. The fourth-order valence-corrected chi connectivity index (χ4v) is 2.97. The molecule has 1 aliphatic carbocycles. The Hall–Kier alpha value is -1.10. The average Bonchev–Trinajstić information content (AvgIpc) is 2.89. The van der Waals surface area contributed by atoms with E-state index < -0.39 is 5.97 Å². The van der Waals surface area contributed by atoms with Gasteiger partial charge in [-0.25, -0.2) is 9.78 Å². The number of carboxylic acid groups (broad SMARTS) is 1. The fraction of sp³-hybridized carbons (Fsp3) is 0.571. The second-order valence-corrected chi connectivity index (χ2v) is 5.99. The third-order valence-corrected chi connectivity index (χ3v) is 4.07. The highest BCUT2D eigenvalue weighted by Crippen LogP contribution is 2.28. The van der Waals surface area contributed by atoms with Gasteiger partial charge < -0.3 is 10.4 Å². The van der Waals surface area contributed by atoms with Crippen molar-refractivity contribution < 1.29 is 9.90 Å². The van der Waals surface area contributed by atoms with E-state index in [-0.39, 0.29) is 5.56 Å². The Balaban J connectivity index is 1.83. The van der Waals surface area contributed by atoms with Crippen molar-refractivity contribution in [1.82, 2.24) is 4.98 Å². The zero-order valence-corrected chi connectivity index (χ0v) is 12.4. The third kappa shape index (κ3) is 4.20. The molecule has 104 valence electrons. The Morgan fingerprint density at radius 1 is 1.47 bits per heavy atom. The lowest BCUT2D eigenvalue weighted by atomic mass is 10.0. The van der Waals surface area contributed by atoms with Crippen LogP contribution in [0.2, 0.25) is 0 Å². The molecule has 1 aliphatic rings. The number of rotatable bonds is 6. The van der Waals surface area contributed by atoms with Crippen LogP contribution in [0.25, 0.3) is 0 Å². The summed E-state index contributed by atoms with van der Waals surface area (Å²) in [5.41, 5.74) is 0.218. The second kappa shape index (κ2) is 6.89. The van der Waals surface area contributed by atoms with E-state index in [0.717, 1.165) is 18.9 Å². The monoisotopic (exact) mass is 326 g/mol. The fourth-order valence-electron chi connectivity index (χ4n) is 2.64. The van der Waals surface area contributed by atoms with Crippen molar-refractivity contribution in [2.24, 2.45) is 5.92 Å². The normalized spacial score (nSPS) is 15.6. The first-order chi connectivity index (χ1) is 9.16. The van der Waals surface area contributed by atoms with Gasteiger partial charge in [0, 0.05) is 17.2 Å².